The fourth-order valence-corrected chi connectivity index (χ4v) is 5.10. The molecule has 4 aromatic rings. The topological polar surface area (TPSA) is 25.8 Å². The quantitative estimate of drug-likeness (QED) is 0.423. The van der Waals surface area contributed by atoms with Gasteiger partial charge < -0.3 is 0 Å². The lowest BCUT2D eigenvalue weighted by atomic mass is 9.31. The van der Waals surface area contributed by atoms with Crippen molar-refractivity contribution in [1.82, 2.24) is 9.97 Å². The van der Waals surface area contributed by atoms with Crippen LogP contribution in [0.25, 0.3) is 11.1 Å². The summed E-state index contributed by atoms with van der Waals surface area (Å²) in [6.07, 6.45) is 9.91. The van der Waals surface area contributed by atoms with Crippen LogP contribution in [0.3, 0.4) is 0 Å². The smallest absolute Gasteiger partial charge is 0.246 e. The van der Waals surface area contributed by atoms with Crippen molar-refractivity contribution in [3.8, 4) is 11.1 Å². The number of nitrogens with zero attached hydrogens (tertiary/aromatic N) is 2. The number of pyridine rings is 2. The maximum Gasteiger partial charge on any atom is 0.246 e. The number of aromatic nitrogens is 2. The average Bonchev–Trinajstić information content (AvgIpc) is 2.73. The fourth-order valence-electron chi connectivity index (χ4n) is 5.10. The first-order chi connectivity index (χ1) is 13.8. The van der Waals surface area contributed by atoms with E-state index in [1.165, 1.54) is 55.3 Å². The third-order valence-electron chi connectivity index (χ3n) is 6.37. The summed E-state index contributed by atoms with van der Waals surface area (Å²) in [5, 5.41) is 0. The largest absolute Gasteiger partial charge is 0.265 e. The van der Waals surface area contributed by atoms with Crippen molar-refractivity contribution in [3.05, 3.63) is 101 Å². The van der Waals surface area contributed by atoms with Crippen LogP contribution in [0.1, 0.15) is 27.8 Å². The molecule has 28 heavy (non-hydrogen) atoms. The predicted octanol–water partition coefficient (Wildman–Crippen LogP) is 2.78. The molecule has 0 atom stereocenters. The SMILES string of the molecule is Cc1ccccc1-c1cc2c3c(c1)Cc1ccncc1B3c1cnccc1C2. The van der Waals surface area contributed by atoms with Gasteiger partial charge in [0.25, 0.3) is 0 Å². The Labute approximate surface area is 165 Å². The summed E-state index contributed by atoms with van der Waals surface area (Å²) in [7, 11) is 0. The molecule has 4 heterocycles. The molecule has 2 aliphatic rings. The van der Waals surface area contributed by atoms with Crippen LogP contribution in [0.5, 0.6) is 0 Å². The summed E-state index contributed by atoms with van der Waals surface area (Å²) in [6.45, 7) is 2.45. The summed E-state index contributed by atoms with van der Waals surface area (Å²) >= 11 is 0. The van der Waals surface area contributed by atoms with Gasteiger partial charge in [0.1, 0.15) is 0 Å². The Morgan fingerprint density at radius 2 is 1.36 bits per heavy atom. The van der Waals surface area contributed by atoms with E-state index in [0.29, 0.717) is 0 Å². The molecular weight excluding hydrogens is 339 g/mol. The van der Waals surface area contributed by atoms with Gasteiger partial charge in [-0.1, -0.05) is 41.9 Å². The number of hydrogen-bond acceptors (Lipinski definition) is 2. The molecule has 0 aliphatic carbocycles. The zero-order valence-electron chi connectivity index (χ0n) is 15.8. The number of aryl methyl sites for hydroxylation is 1. The van der Waals surface area contributed by atoms with E-state index >= 15 is 0 Å². The molecule has 0 radical (unpaired) electrons. The molecule has 0 N–H and O–H groups in total. The Morgan fingerprint density at radius 3 is 1.96 bits per heavy atom. The summed E-state index contributed by atoms with van der Waals surface area (Å²) in [5.41, 5.74) is 13.8. The fraction of sp³-hybridized carbons (Fsp3) is 0.120. The first-order valence-corrected chi connectivity index (χ1v) is 9.87. The van der Waals surface area contributed by atoms with E-state index in [-0.39, 0.29) is 6.71 Å². The Hall–Kier alpha value is -3.20. The molecule has 2 aliphatic heterocycles. The Morgan fingerprint density at radius 1 is 0.750 bits per heavy atom. The van der Waals surface area contributed by atoms with Gasteiger partial charge in [0.15, 0.2) is 0 Å². The lowest BCUT2D eigenvalue weighted by Crippen LogP contribution is -2.61. The first kappa shape index (κ1) is 15.8. The maximum atomic E-state index is 4.45. The molecular formula is C25H19BN2. The average molecular weight is 358 g/mol. The number of benzene rings is 2. The van der Waals surface area contributed by atoms with Crippen LogP contribution in [0.2, 0.25) is 0 Å². The van der Waals surface area contributed by atoms with Crippen LogP contribution in [0.4, 0.5) is 0 Å². The van der Waals surface area contributed by atoms with E-state index < -0.39 is 0 Å². The number of rotatable bonds is 1. The molecule has 132 valence electrons. The van der Waals surface area contributed by atoms with E-state index in [2.05, 4.69) is 77.8 Å². The zero-order chi connectivity index (χ0) is 18.7. The van der Waals surface area contributed by atoms with Crippen molar-refractivity contribution < 1.29 is 0 Å². The van der Waals surface area contributed by atoms with Crippen molar-refractivity contribution in [1.29, 1.82) is 0 Å². The third kappa shape index (κ3) is 2.23. The highest BCUT2D eigenvalue weighted by atomic mass is 14.6. The second kappa shape index (κ2) is 5.90. The van der Waals surface area contributed by atoms with Gasteiger partial charge in [-0.05, 0) is 81.8 Å². The molecule has 2 aromatic carbocycles. The first-order valence-electron chi connectivity index (χ1n) is 9.87. The Balaban J connectivity index is 1.64. The van der Waals surface area contributed by atoms with Crippen LogP contribution in [-0.2, 0) is 12.8 Å². The van der Waals surface area contributed by atoms with Crippen LogP contribution in [0, 0.1) is 6.92 Å². The van der Waals surface area contributed by atoms with Crippen molar-refractivity contribution >= 4 is 23.1 Å². The summed E-state index contributed by atoms with van der Waals surface area (Å²) in [6, 6.07) is 17.9. The summed E-state index contributed by atoms with van der Waals surface area (Å²) in [5.74, 6) is 0. The minimum Gasteiger partial charge on any atom is -0.265 e. The van der Waals surface area contributed by atoms with Crippen molar-refractivity contribution in [2.24, 2.45) is 0 Å². The van der Waals surface area contributed by atoms with Crippen LogP contribution >= 0.6 is 0 Å². The molecule has 2 nitrogen and oxygen atoms in total. The molecule has 0 unspecified atom stereocenters. The third-order valence-corrected chi connectivity index (χ3v) is 6.37. The van der Waals surface area contributed by atoms with Crippen LogP contribution in [0.15, 0.2) is 73.3 Å². The van der Waals surface area contributed by atoms with Crippen molar-refractivity contribution in [2.45, 2.75) is 19.8 Å². The monoisotopic (exact) mass is 358 g/mol. The lowest BCUT2D eigenvalue weighted by molar-refractivity contribution is 1.13. The summed E-state index contributed by atoms with van der Waals surface area (Å²) < 4.78 is 0. The molecule has 0 amide bonds. The van der Waals surface area contributed by atoms with Gasteiger partial charge >= 0.3 is 0 Å². The number of fused-ring (bicyclic) bond motifs is 4. The highest BCUT2D eigenvalue weighted by molar-refractivity contribution is 6.97. The molecule has 3 heteroatoms. The van der Waals surface area contributed by atoms with Gasteiger partial charge in [0.05, 0.1) is 0 Å². The minimum absolute atomic E-state index is 0.255. The van der Waals surface area contributed by atoms with E-state index in [0.717, 1.165) is 12.8 Å². The zero-order valence-corrected chi connectivity index (χ0v) is 15.8. The molecule has 0 spiro atoms. The lowest BCUT2D eigenvalue weighted by Gasteiger charge is -2.34. The van der Waals surface area contributed by atoms with Gasteiger partial charge in [-0.3, -0.25) is 9.97 Å². The van der Waals surface area contributed by atoms with Gasteiger partial charge in [-0.15, -0.1) is 0 Å². The standard InChI is InChI=1S/C25H19BN2/c1-16-4-2-3-5-22(16)19-12-20-10-17-6-8-27-14-23(17)26-24-15-28-9-7-18(24)11-21(13-19)25(20)26/h2-9,12-15H,10-11H2,1H3. The predicted molar refractivity (Wildman–Crippen MR) is 115 cm³/mol. The van der Waals surface area contributed by atoms with Crippen LogP contribution < -0.4 is 16.4 Å². The van der Waals surface area contributed by atoms with Crippen molar-refractivity contribution in [2.75, 3.05) is 0 Å². The van der Waals surface area contributed by atoms with E-state index in [1.54, 1.807) is 0 Å². The Bertz CT molecular complexity index is 1170. The van der Waals surface area contributed by atoms with Gasteiger partial charge in [-0.2, -0.15) is 0 Å². The van der Waals surface area contributed by atoms with E-state index in [4.69, 9.17) is 0 Å². The highest BCUT2D eigenvalue weighted by Crippen LogP contribution is 2.29. The normalized spacial score (nSPS) is 13.5. The minimum atomic E-state index is 0.255. The maximum absolute atomic E-state index is 4.45. The van der Waals surface area contributed by atoms with Gasteiger partial charge in [-0.25, -0.2) is 0 Å². The van der Waals surface area contributed by atoms with Gasteiger partial charge in [0, 0.05) is 24.8 Å². The van der Waals surface area contributed by atoms with Gasteiger partial charge in [0.2, 0.25) is 6.71 Å². The molecule has 0 saturated carbocycles. The summed E-state index contributed by atoms with van der Waals surface area (Å²) in [4.78, 5) is 8.90. The number of hydrogen-bond donors (Lipinski definition) is 0. The van der Waals surface area contributed by atoms with Crippen LogP contribution in [-0.4, -0.2) is 16.7 Å². The molecule has 6 rings (SSSR count). The molecule has 0 bridgehead atoms. The second-order valence-corrected chi connectivity index (χ2v) is 7.96. The molecule has 2 aromatic heterocycles. The highest BCUT2D eigenvalue weighted by Gasteiger charge is 2.37. The molecule has 0 fully saturated rings. The second-order valence-electron chi connectivity index (χ2n) is 7.96. The van der Waals surface area contributed by atoms with E-state index in [9.17, 15) is 0 Å². The Kier molecular flexibility index (Phi) is 3.33. The molecule has 0 saturated heterocycles. The van der Waals surface area contributed by atoms with Crippen molar-refractivity contribution in [3.63, 3.8) is 0 Å². The van der Waals surface area contributed by atoms with E-state index in [1.807, 2.05) is 12.4 Å².